The van der Waals surface area contributed by atoms with Crippen LogP contribution in [0.3, 0.4) is 0 Å². The Hall–Kier alpha value is -1.98. The topological polar surface area (TPSA) is 19.7 Å². The largest absolute Gasteiger partial charge is 0.332 e. The Morgan fingerprint density at radius 2 is 1.96 bits per heavy atom. The Balaban J connectivity index is 1.60. The Kier molecular flexibility index (Phi) is 5.66. The van der Waals surface area contributed by atoms with Crippen LogP contribution >= 0.6 is 12.2 Å². The summed E-state index contributed by atoms with van der Waals surface area (Å²) in [5.74, 6) is -0.183. The zero-order chi connectivity index (χ0) is 17.8. The third-order valence-corrected chi connectivity index (χ3v) is 5.01. The highest BCUT2D eigenvalue weighted by molar-refractivity contribution is 7.80. The molecule has 1 atom stereocenters. The molecule has 0 bridgehead atoms. The van der Waals surface area contributed by atoms with Gasteiger partial charge in [-0.1, -0.05) is 29.8 Å². The van der Waals surface area contributed by atoms with Gasteiger partial charge in [0, 0.05) is 24.2 Å². The van der Waals surface area contributed by atoms with Gasteiger partial charge in [-0.3, -0.25) is 0 Å². The second kappa shape index (κ2) is 7.93. The average molecular weight is 359 g/mol. The lowest BCUT2D eigenvalue weighted by molar-refractivity contribution is -0.927. The second-order valence-electron chi connectivity index (χ2n) is 6.83. The van der Waals surface area contributed by atoms with E-state index in [9.17, 15) is 4.39 Å². The maximum Gasteiger partial charge on any atom is 0.177 e. The fourth-order valence-corrected chi connectivity index (χ4v) is 3.57. The molecule has 0 saturated carbocycles. The molecule has 1 aliphatic rings. The number of aryl methyl sites for hydroxylation is 2. The fourth-order valence-electron chi connectivity index (χ4n) is 3.30. The molecule has 1 aliphatic heterocycles. The molecule has 0 aromatic heterocycles. The quantitative estimate of drug-likeness (QED) is 0.823. The van der Waals surface area contributed by atoms with E-state index in [0.717, 1.165) is 49.1 Å². The van der Waals surface area contributed by atoms with Crippen molar-refractivity contribution in [2.45, 2.75) is 26.8 Å². The van der Waals surface area contributed by atoms with Gasteiger partial charge in [-0.05, 0) is 49.8 Å². The second-order valence-corrected chi connectivity index (χ2v) is 7.21. The Morgan fingerprint density at radius 1 is 1.20 bits per heavy atom. The highest BCUT2D eigenvalue weighted by atomic mass is 32.1. The van der Waals surface area contributed by atoms with E-state index in [0.29, 0.717) is 0 Å². The average Bonchev–Trinajstić information content (AvgIpc) is 2.60. The molecule has 0 aliphatic carbocycles. The number of benzene rings is 2. The van der Waals surface area contributed by atoms with E-state index in [-0.39, 0.29) is 5.82 Å². The van der Waals surface area contributed by atoms with Crippen molar-refractivity contribution < 1.29 is 9.29 Å². The maximum atomic E-state index is 13.1. The van der Waals surface area contributed by atoms with Gasteiger partial charge in [0.1, 0.15) is 12.4 Å². The number of anilines is 1. The zero-order valence-corrected chi connectivity index (χ0v) is 15.6. The first kappa shape index (κ1) is 17.8. The summed E-state index contributed by atoms with van der Waals surface area (Å²) in [7, 11) is 0. The molecule has 0 amide bonds. The Bertz CT molecular complexity index is 745. The molecule has 1 heterocycles. The van der Waals surface area contributed by atoms with Crippen LogP contribution in [0.25, 0.3) is 0 Å². The highest BCUT2D eigenvalue weighted by Gasteiger charge is 2.23. The van der Waals surface area contributed by atoms with Gasteiger partial charge in [-0.25, -0.2) is 4.39 Å². The van der Waals surface area contributed by atoms with Crippen LogP contribution in [0, 0.1) is 19.7 Å². The molecular formula is C20H25FN3S+. The van der Waals surface area contributed by atoms with Crippen LogP contribution in [0.1, 0.15) is 23.1 Å². The predicted molar refractivity (Wildman–Crippen MR) is 104 cm³/mol. The van der Waals surface area contributed by atoms with Crippen molar-refractivity contribution in [3.63, 3.8) is 0 Å². The number of halogens is 1. The molecule has 2 aromatic carbocycles. The number of nitrogens with one attached hydrogen (secondary N) is 2. The van der Waals surface area contributed by atoms with Gasteiger partial charge in [-0.2, -0.15) is 0 Å². The molecular weight excluding hydrogens is 333 g/mol. The lowest BCUT2D eigenvalue weighted by Gasteiger charge is -2.34. The molecule has 2 aromatic rings. The molecule has 3 rings (SSSR count). The number of thiocarbonyl (C=S) groups is 1. The predicted octanol–water partition coefficient (Wildman–Crippen LogP) is 2.89. The zero-order valence-electron chi connectivity index (χ0n) is 14.8. The van der Waals surface area contributed by atoms with Crippen LogP contribution in [-0.2, 0) is 6.54 Å². The van der Waals surface area contributed by atoms with Crippen molar-refractivity contribution in [2.24, 2.45) is 0 Å². The van der Waals surface area contributed by atoms with Crippen LogP contribution < -0.4 is 10.2 Å². The van der Waals surface area contributed by atoms with Crippen molar-refractivity contribution in [2.75, 3.05) is 25.1 Å². The summed E-state index contributed by atoms with van der Waals surface area (Å²) in [5.41, 5.74) is 4.68. The van der Waals surface area contributed by atoms with Gasteiger partial charge in [0.2, 0.25) is 0 Å². The Morgan fingerprint density at radius 3 is 2.68 bits per heavy atom. The van der Waals surface area contributed by atoms with Crippen molar-refractivity contribution in [3.05, 3.63) is 65.0 Å². The monoisotopic (exact) mass is 358 g/mol. The normalized spacial score (nSPS) is 17.4. The van der Waals surface area contributed by atoms with E-state index in [1.807, 2.05) is 12.1 Å². The van der Waals surface area contributed by atoms with Crippen molar-refractivity contribution in [1.82, 2.24) is 4.90 Å². The summed E-state index contributed by atoms with van der Waals surface area (Å²) in [5, 5.41) is 4.17. The summed E-state index contributed by atoms with van der Waals surface area (Å²) < 4.78 is 13.1. The van der Waals surface area contributed by atoms with Gasteiger partial charge >= 0.3 is 0 Å². The molecule has 0 radical (unpaired) electrons. The number of quaternary nitrogens is 1. The van der Waals surface area contributed by atoms with E-state index < -0.39 is 0 Å². The van der Waals surface area contributed by atoms with E-state index in [1.54, 1.807) is 0 Å². The van der Waals surface area contributed by atoms with E-state index in [4.69, 9.17) is 12.2 Å². The van der Waals surface area contributed by atoms with Crippen molar-refractivity contribution in [1.29, 1.82) is 0 Å². The van der Waals surface area contributed by atoms with Gasteiger partial charge in [0.25, 0.3) is 0 Å². The SMILES string of the molecule is Cc1ccc(NC(=S)N2CCC[NH+](Cc3ccc(F)cc3)C2)c(C)c1. The van der Waals surface area contributed by atoms with Crippen molar-refractivity contribution in [3.8, 4) is 0 Å². The molecule has 1 unspecified atom stereocenters. The van der Waals surface area contributed by atoms with E-state index in [1.165, 1.54) is 28.2 Å². The molecule has 5 heteroatoms. The third-order valence-electron chi connectivity index (χ3n) is 4.65. The van der Waals surface area contributed by atoms with Crippen LogP contribution in [0.15, 0.2) is 42.5 Å². The van der Waals surface area contributed by atoms with E-state index in [2.05, 4.69) is 42.3 Å². The lowest BCUT2D eigenvalue weighted by atomic mass is 10.1. The number of hydrogen-bond acceptors (Lipinski definition) is 1. The molecule has 25 heavy (non-hydrogen) atoms. The summed E-state index contributed by atoms with van der Waals surface area (Å²) in [4.78, 5) is 3.68. The van der Waals surface area contributed by atoms with Crippen LogP contribution in [0.2, 0.25) is 0 Å². The smallest absolute Gasteiger partial charge is 0.177 e. The van der Waals surface area contributed by atoms with Gasteiger partial charge in [0.15, 0.2) is 11.8 Å². The molecule has 3 nitrogen and oxygen atoms in total. The minimum absolute atomic E-state index is 0.183. The molecule has 1 fully saturated rings. The van der Waals surface area contributed by atoms with Gasteiger partial charge < -0.3 is 15.1 Å². The minimum Gasteiger partial charge on any atom is -0.332 e. The number of hydrogen-bond donors (Lipinski definition) is 2. The minimum atomic E-state index is -0.183. The summed E-state index contributed by atoms with van der Waals surface area (Å²) in [6.45, 7) is 8.04. The third kappa shape index (κ3) is 4.77. The summed E-state index contributed by atoms with van der Waals surface area (Å²) in [6.07, 6.45) is 1.10. The maximum absolute atomic E-state index is 13.1. The van der Waals surface area contributed by atoms with Gasteiger partial charge in [0.05, 0.1) is 6.54 Å². The van der Waals surface area contributed by atoms with Crippen LogP contribution in [0.4, 0.5) is 10.1 Å². The van der Waals surface area contributed by atoms with Gasteiger partial charge in [-0.15, -0.1) is 0 Å². The first-order valence-corrected chi connectivity index (χ1v) is 9.13. The van der Waals surface area contributed by atoms with Crippen LogP contribution in [-0.4, -0.2) is 29.8 Å². The standard InChI is InChI=1S/C20H24FN3S/c1-15-4-9-19(16(2)12-15)22-20(25)24-11-3-10-23(14-24)13-17-5-7-18(21)8-6-17/h4-9,12H,3,10-11,13-14H2,1-2H3,(H,22,25)/p+1. The van der Waals surface area contributed by atoms with E-state index >= 15 is 0 Å². The molecule has 1 saturated heterocycles. The lowest BCUT2D eigenvalue weighted by Crippen LogP contribution is -3.13. The first-order valence-electron chi connectivity index (χ1n) is 8.72. The Labute approximate surface area is 154 Å². The van der Waals surface area contributed by atoms with Crippen LogP contribution in [0.5, 0.6) is 0 Å². The number of rotatable bonds is 3. The number of nitrogens with zero attached hydrogens (tertiary/aromatic N) is 1. The molecule has 132 valence electrons. The first-order chi connectivity index (χ1) is 12.0. The summed E-state index contributed by atoms with van der Waals surface area (Å²) in [6, 6.07) is 13.1. The molecule has 0 spiro atoms. The highest BCUT2D eigenvalue weighted by Crippen LogP contribution is 2.16. The molecule has 2 N–H and O–H groups in total. The summed E-state index contributed by atoms with van der Waals surface area (Å²) >= 11 is 5.64. The fraction of sp³-hybridized carbons (Fsp3) is 0.350. The van der Waals surface area contributed by atoms with Crippen molar-refractivity contribution >= 4 is 23.0 Å².